The van der Waals surface area contributed by atoms with Crippen LogP contribution in [0.15, 0.2) is 11.7 Å². The lowest BCUT2D eigenvalue weighted by atomic mass is 9.95. The first-order valence-electron chi connectivity index (χ1n) is 6.30. The van der Waals surface area contributed by atoms with E-state index in [-0.39, 0.29) is 0 Å². The van der Waals surface area contributed by atoms with E-state index in [1.807, 2.05) is 0 Å². The minimum Gasteiger partial charge on any atom is -0.367 e. The normalized spacial score (nSPS) is 17.5. The highest BCUT2D eigenvalue weighted by molar-refractivity contribution is 7.17. The number of fused-ring (bicyclic) bond motifs is 1. The summed E-state index contributed by atoms with van der Waals surface area (Å²) >= 11 is 1.70. The predicted molar refractivity (Wildman–Crippen MR) is 72.6 cm³/mol. The molecule has 1 saturated carbocycles. The van der Waals surface area contributed by atoms with E-state index in [1.165, 1.54) is 43.1 Å². The summed E-state index contributed by atoms with van der Waals surface area (Å²) in [5.41, 5.74) is 1.28. The molecule has 90 valence electrons. The number of hydrogen-bond acceptors (Lipinski definition) is 4. The maximum absolute atomic E-state index is 4.42. The molecule has 2 aromatic rings. The Bertz CT molecular complexity index is 514. The van der Waals surface area contributed by atoms with E-state index >= 15 is 0 Å². The summed E-state index contributed by atoms with van der Waals surface area (Å²) in [7, 11) is 0. The minimum atomic E-state index is 0.598. The topological polar surface area (TPSA) is 37.8 Å². The van der Waals surface area contributed by atoms with E-state index in [1.54, 1.807) is 17.7 Å². The fraction of sp³-hybridized carbons (Fsp3) is 0.538. The van der Waals surface area contributed by atoms with Crippen LogP contribution in [-0.4, -0.2) is 16.0 Å². The Morgan fingerprint density at radius 1 is 1.24 bits per heavy atom. The number of thiophene rings is 1. The number of hydrogen-bond donors (Lipinski definition) is 1. The average molecular weight is 247 g/mol. The van der Waals surface area contributed by atoms with Crippen LogP contribution in [0, 0.1) is 6.92 Å². The van der Waals surface area contributed by atoms with Crippen LogP contribution in [0.4, 0.5) is 5.82 Å². The molecule has 17 heavy (non-hydrogen) atoms. The number of aromatic nitrogens is 2. The van der Waals surface area contributed by atoms with Crippen LogP contribution in [0.25, 0.3) is 10.2 Å². The highest BCUT2D eigenvalue weighted by atomic mass is 32.1. The highest BCUT2D eigenvalue weighted by Gasteiger charge is 2.16. The molecule has 0 amide bonds. The van der Waals surface area contributed by atoms with Gasteiger partial charge in [0.05, 0.1) is 5.39 Å². The van der Waals surface area contributed by atoms with Crippen molar-refractivity contribution in [2.75, 3.05) is 5.32 Å². The molecule has 4 heteroatoms. The van der Waals surface area contributed by atoms with Gasteiger partial charge in [-0.05, 0) is 30.7 Å². The fourth-order valence-corrected chi connectivity index (χ4v) is 3.46. The molecule has 3 nitrogen and oxygen atoms in total. The van der Waals surface area contributed by atoms with Crippen LogP contribution in [0.1, 0.15) is 37.7 Å². The summed E-state index contributed by atoms with van der Waals surface area (Å²) in [6, 6.07) is 0.598. The van der Waals surface area contributed by atoms with Gasteiger partial charge in [0, 0.05) is 6.04 Å². The van der Waals surface area contributed by atoms with Gasteiger partial charge in [-0.1, -0.05) is 19.3 Å². The maximum atomic E-state index is 4.42. The molecule has 3 rings (SSSR count). The lowest BCUT2D eigenvalue weighted by Crippen LogP contribution is -2.22. The molecule has 0 bridgehead atoms. The van der Waals surface area contributed by atoms with E-state index in [4.69, 9.17) is 0 Å². The monoisotopic (exact) mass is 247 g/mol. The van der Waals surface area contributed by atoms with E-state index < -0.39 is 0 Å². The smallest absolute Gasteiger partial charge is 0.138 e. The molecule has 2 heterocycles. The van der Waals surface area contributed by atoms with Gasteiger partial charge < -0.3 is 5.32 Å². The van der Waals surface area contributed by atoms with Crippen molar-refractivity contribution in [3.05, 3.63) is 17.3 Å². The Hall–Kier alpha value is -1.16. The third-order valence-corrected chi connectivity index (χ3v) is 4.50. The minimum absolute atomic E-state index is 0.598. The Labute approximate surface area is 105 Å². The molecule has 1 aliphatic rings. The summed E-state index contributed by atoms with van der Waals surface area (Å²) in [6.45, 7) is 2.13. The first-order chi connectivity index (χ1) is 8.34. The van der Waals surface area contributed by atoms with Crippen molar-refractivity contribution < 1.29 is 0 Å². The Morgan fingerprint density at radius 3 is 2.88 bits per heavy atom. The van der Waals surface area contributed by atoms with Crippen LogP contribution in [0.3, 0.4) is 0 Å². The molecular formula is C13H17N3S. The van der Waals surface area contributed by atoms with Crippen LogP contribution >= 0.6 is 11.3 Å². The zero-order valence-corrected chi connectivity index (χ0v) is 10.9. The quantitative estimate of drug-likeness (QED) is 0.878. The van der Waals surface area contributed by atoms with E-state index in [0.717, 1.165) is 10.6 Å². The largest absolute Gasteiger partial charge is 0.367 e. The molecule has 1 fully saturated rings. The van der Waals surface area contributed by atoms with Crippen molar-refractivity contribution in [1.29, 1.82) is 0 Å². The standard InChI is InChI=1S/C13H17N3S/c1-9-7-17-13-11(9)12(14-8-15-13)16-10-5-3-2-4-6-10/h7-8,10H,2-6H2,1H3,(H,14,15,16). The molecule has 1 aliphatic carbocycles. The first kappa shape index (κ1) is 11.0. The van der Waals surface area contributed by atoms with Crippen LogP contribution in [0.5, 0.6) is 0 Å². The average Bonchev–Trinajstić information content (AvgIpc) is 2.74. The van der Waals surface area contributed by atoms with Crippen molar-refractivity contribution in [2.24, 2.45) is 0 Å². The highest BCUT2D eigenvalue weighted by Crippen LogP contribution is 2.30. The van der Waals surface area contributed by atoms with Crippen molar-refractivity contribution in [3.63, 3.8) is 0 Å². The molecule has 2 aromatic heterocycles. The van der Waals surface area contributed by atoms with Gasteiger partial charge in [0.2, 0.25) is 0 Å². The number of rotatable bonds is 2. The lowest BCUT2D eigenvalue weighted by Gasteiger charge is -2.23. The van der Waals surface area contributed by atoms with Gasteiger partial charge >= 0.3 is 0 Å². The molecule has 0 unspecified atom stereocenters. The van der Waals surface area contributed by atoms with Gasteiger partial charge in [-0.25, -0.2) is 9.97 Å². The van der Waals surface area contributed by atoms with Crippen molar-refractivity contribution in [1.82, 2.24) is 9.97 Å². The van der Waals surface area contributed by atoms with Crippen LogP contribution in [-0.2, 0) is 0 Å². The maximum Gasteiger partial charge on any atom is 0.138 e. The number of nitrogens with one attached hydrogen (secondary N) is 1. The van der Waals surface area contributed by atoms with Crippen molar-refractivity contribution in [3.8, 4) is 0 Å². The zero-order chi connectivity index (χ0) is 11.7. The fourth-order valence-electron chi connectivity index (χ4n) is 2.57. The van der Waals surface area contributed by atoms with E-state index in [9.17, 15) is 0 Å². The lowest BCUT2D eigenvalue weighted by molar-refractivity contribution is 0.462. The number of nitrogens with zero attached hydrogens (tertiary/aromatic N) is 2. The molecule has 0 saturated heterocycles. The summed E-state index contributed by atoms with van der Waals surface area (Å²) < 4.78 is 0. The zero-order valence-electron chi connectivity index (χ0n) is 10.1. The van der Waals surface area contributed by atoms with Crippen molar-refractivity contribution in [2.45, 2.75) is 45.1 Å². The Kier molecular flexibility index (Phi) is 2.97. The summed E-state index contributed by atoms with van der Waals surface area (Å²) in [4.78, 5) is 9.84. The van der Waals surface area contributed by atoms with Crippen LogP contribution in [0.2, 0.25) is 0 Å². The summed E-state index contributed by atoms with van der Waals surface area (Å²) in [5.74, 6) is 1.03. The van der Waals surface area contributed by atoms with Gasteiger partial charge in [0.15, 0.2) is 0 Å². The van der Waals surface area contributed by atoms with Gasteiger partial charge in [-0.3, -0.25) is 0 Å². The second-order valence-electron chi connectivity index (χ2n) is 4.80. The SMILES string of the molecule is Cc1csc2ncnc(NC3CCCCC3)c12. The van der Waals surface area contributed by atoms with E-state index in [0.29, 0.717) is 6.04 Å². The van der Waals surface area contributed by atoms with Gasteiger partial charge in [0.25, 0.3) is 0 Å². The van der Waals surface area contributed by atoms with Crippen molar-refractivity contribution >= 4 is 27.4 Å². The second-order valence-corrected chi connectivity index (χ2v) is 5.66. The van der Waals surface area contributed by atoms with Gasteiger partial charge in [-0.15, -0.1) is 11.3 Å². The molecule has 0 atom stereocenters. The third-order valence-electron chi connectivity index (χ3n) is 3.50. The molecule has 0 aliphatic heterocycles. The summed E-state index contributed by atoms with van der Waals surface area (Å²) in [5, 5.41) is 6.98. The van der Waals surface area contributed by atoms with Gasteiger partial charge in [0.1, 0.15) is 17.0 Å². The Balaban J connectivity index is 1.91. The van der Waals surface area contributed by atoms with Crippen LogP contribution < -0.4 is 5.32 Å². The predicted octanol–water partition coefficient (Wildman–Crippen LogP) is 3.74. The molecular weight excluding hydrogens is 230 g/mol. The van der Waals surface area contributed by atoms with E-state index in [2.05, 4.69) is 27.6 Å². The molecule has 1 N–H and O–H groups in total. The second kappa shape index (κ2) is 4.61. The number of aryl methyl sites for hydroxylation is 1. The molecule has 0 radical (unpaired) electrons. The third kappa shape index (κ3) is 2.14. The molecule has 0 spiro atoms. The first-order valence-corrected chi connectivity index (χ1v) is 7.18. The Morgan fingerprint density at radius 2 is 2.06 bits per heavy atom. The summed E-state index contributed by atoms with van der Waals surface area (Å²) in [6.07, 6.45) is 8.28. The molecule has 0 aromatic carbocycles. The van der Waals surface area contributed by atoms with Gasteiger partial charge in [-0.2, -0.15) is 0 Å². The number of anilines is 1.